The van der Waals surface area contributed by atoms with Gasteiger partial charge in [0.15, 0.2) is 0 Å². The zero-order valence-corrected chi connectivity index (χ0v) is 13.8. The quantitative estimate of drug-likeness (QED) is 0.850. The summed E-state index contributed by atoms with van der Waals surface area (Å²) in [6.07, 6.45) is -0.656. The smallest absolute Gasteiger partial charge is 0.424 e. The fourth-order valence-electron chi connectivity index (χ4n) is 1.90. The molecule has 0 spiro atoms. The van der Waals surface area contributed by atoms with Crippen molar-refractivity contribution in [2.24, 2.45) is 0 Å². The second-order valence-corrected chi connectivity index (χ2v) is 7.03. The van der Waals surface area contributed by atoms with Crippen molar-refractivity contribution in [1.82, 2.24) is 4.31 Å². The third kappa shape index (κ3) is 4.79. The molecule has 22 heavy (non-hydrogen) atoms. The molecule has 2 atom stereocenters. The highest BCUT2D eigenvalue weighted by atomic mass is 32.2. The standard InChI is InChI=1S/C15H21NO5S/c1-15(2,3)21-14(17)16-13(11-20-22(16)18)10-19-9-12-7-5-4-6-8-12/h4-8,13H,9-11H2,1-3H3/t13-,22?/m0/s1. The summed E-state index contributed by atoms with van der Waals surface area (Å²) in [5, 5.41) is 0. The van der Waals surface area contributed by atoms with Crippen molar-refractivity contribution in [1.29, 1.82) is 0 Å². The number of carbonyl (C=O) groups excluding carboxylic acids is 1. The van der Waals surface area contributed by atoms with Crippen molar-refractivity contribution in [3.63, 3.8) is 0 Å². The monoisotopic (exact) mass is 327 g/mol. The average molecular weight is 327 g/mol. The molecule has 0 aliphatic carbocycles. The maximum Gasteiger partial charge on any atom is 0.424 e. The highest BCUT2D eigenvalue weighted by Gasteiger charge is 2.39. The number of hydrogen-bond donors (Lipinski definition) is 0. The Bertz CT molecular complexity index is 528. The molecule has 122 valence electrons. The fourth-order valence-corrected chi connectivity index (χ4v) is 2.81. The highest BCUT2D eigenvalue weighted by molar-refractivity contribution is 7.78. The van der Waals surface area contributed by atoms with E-state index in [2.05, 4.69) is 0 Å². The first-order valence-electron chi connectivity index (χ1n) is 7.06. The van der Waals surface area contributed by atoms with Gasteiger partial charge in [-0.2, -0.15) is 4.31 Å². The second-order valence-electron chi connectivity index (χ2n) is 5.96. The Kier molecular flexibility index (Phi) is 5.55. The molecule has 1 fully saturated rings. The molecule has 2 rings (SSSR count). The van der Waals surface area contributed by atoms with E-state index in [1.54, 1.807) is 20.8 Å². The van der Waals surface area contributed by atoms with Crippen LogP contribution in [0.4, 0.5) is 4.79 Å². The Morgan fingerprint density at radius 3 is 2.68 bits per heavy atom. The predicted octanol–water partition coefficient (Wildman–Crippen LogP) is 2.42. The lowest BCUT2D eigenvalue weighted by Crippen LogP contribution is -2.42. The summed E-state index contributed by atoms with van der Waals surface area (Å²) in [5.41, 5.74) is 0.380. The SMILES string of the molecule is CC(C)(C)OC(=O)N1[C@@H](COCc2ccccc2)COS1=O. The van der Waals surface area contributed by atoms with Crippen molar-refractivity contribution in [2.45, 2.75) is 39.0 Å². The molecule has 0 aromatic heterocycles. The largest absolute Gasteiger partial charge is 0.443 e. The Hall–Kier alpha value is -1.44. The van der Waals surface area contributed by atoms with Gasteiger partial charge < -0.3 is 9.47 Å². The lowest BCUT2D eigenvalue weighted by molar-refractivity contribution is 0.0241. The van der Waals surface area contributed by atoms with Gasteiger partial charge in [0.05, 0.1) is 25.9 Å². The third-order valence-corrected chi connectivity index (χ3v) is 3.95. The predicted molar refractivity (Wildman–Crippen MR) is 82.1 cm³/mol. The first-order valence-corrected chi connectivity index (χ1v) is 8.09. The number of amides is 1. The maximum absolute atomic E-state index is 12.1. The van der Waals surface area contributed by atoms with Crippen LogP contribution in [-0.4, -0.2) is 39.5 Å². The van der Waals surface area contributed by atoms with Gasteiger partial charge in [-0.25, -0.2) is 9.00 Å². The molecule has 6 nitrogen and oxygen atoms in total. The lowest BCUT2D eigenvalue weighted by Gasteiger charge is -2.25. The van der Waals surface area contributed by atoms with Crippen LogP contribution in [0.25, 0.3) is 0 Å². The van der Waals surface area contributed by atoms with Crippen LogP contribution < -0.4 is 0 Å². The number of ether oxygens (including phenoxy) is 2. The summed E-state index contributed by atoms with van der Waals surface area (Å²) in [4.78, 5) is 12.1. The van der Waals surface area contributed by atoms with Gasteiger partial charge in [-0.15, -0.1) is 0 Å². The minimum Gasteiger partial charge on any atom is -0.443 e. The van der Waals surface area contributed by atoms with Gasteiger partial charge in [-0.3, -0.25) is 4.18 Å². The third-order valence-electron chi connectivity index (χ3n) is 2.85. The van der Waals surface area contributed by atoms with Crippen molar-refractivity contribution in [2.75, 3.05) is 13.2 Å². The number of carbonyl (C=O) groups is 1. The van der Waals surface area contributed by atoms with Crippen LogP contribution in [0.15, 0.2) is 30.3 Å². The molecule has 1 aromatic rings. The molecule has 0 radical (unpaired) electrons. The van der Waals surface area contributed by atoms with Gasteiger partial charge in [0.2, 0.25) is 0 Å². The molecule has 0 N–H and O–H groups in total. The molecule has 1 saturated heterocycles. The Labute approximate surface area is 133 Å². The molecule has 1 amide bonds. The highest BCUT2D eigenvalue weighted by Crippen LogP contribution is 2.20. The zero-order chi connectivity index (χ0) is 16.2. The molecule has 0 saturated carbocycles. The molecule has 1 aliphatic heterocycles. The van der Waals surface area contributed by atoms with Gasteiger partial charge in [0.1, 0.15) is 5.60 Å². The van der Waals surface area contributed by atoms with Crippen LogP contribution in [0.2, 0.25) is 0 Å². The van der Waals surface area contributed by atoms with E-state index in [0.29, 0.717) is 6.61 Å². The minimum absolute atomic E-state index is 0.167. The van der Waals surface area contributed by atoms with Crippen LogP contribution in [0.5, 0.6) is 0 Å². The van der Waals surface area contributed by atoms with E-state index in [-0.39, 0.29) is 13.2 Å². The van der Waals surface area contributed by atoms with Gasteiger partial charge in [-0.1, -0.05) is 30.3 Å². The molecule has 1 unspecified atom stereocenters. The van der Waals surface area contributed by atoms with E-state index in [4.69, 9.17) is 13.7 Å². The number of nitrogens with zero attached hydrogens (tertiary/aromatic N) is 1. The summed E-state index contributed by atoms with van der Waals surface area (Å²) in [7, 11) is 0. The molecule has 0 bridgehead atoms. The van der Waals surface area contributed by atoms with E-state index in [9.17, 15) is 9.00 Å². The van der Waals surface area contributed by atoms with Crippen molar-refractivity contribution >= 4 is 17.4 Å². The molecular weight excluding hydrogens is 306 g/mol. The summed E-state index contributed by atoms with van der Waals surface area (Å²) >= 11 is -1.82. The summed E-state index contributed by atoms with van der Waals surface area (Å²) in [6.45, 7) is 6.09. The molecule has 1 heterocycles. The Morgan fingerprint density at radius 1 is 1.36 bits per heavy atom. The second kappa shape index (κ2) is 7.21. The molecular formula is C15H21NO5S. The minimum atomic E-state index is -1.82. The average Bonchev–Trinajstić information content (AvgIpc) is 2.79. The number of rotatable bonds is 4. The van der Waals surface area contributed by atoms with E-state index < -0.39 is 29.0 Å². The lowest BCUT2D eigenvalue weighted by atomic mass is 10.2. The summed E-state index contributed by atoms with van der Waals surface area (Å²) in [6, 6.07) is 9.28. The van der Waals surface area contributed by atoms with Crippen molar-refractivity contribution < 1.29 is 22.7 Å². The van der Waals surface area contributed by atoms with Gasteiger partial charge >= 0.3 is 6.09 Å². The summed E-state index contributed by atoms with van der Waals surface area (Å²) in [5.74, 6) is 0. The first kappa shape index (κ1) is 16.9. The van der Waals surface area contributed by atoms with Crippen LogP contribution in [0.1, 0.15) is 26.3 Å². The molecule has 1 aromatic carbocycles. The Balaban J connectivity index is 1.89. The van der Waals surface area contributed by atoms with Crippen molar-refractivity contribution in [3.8, 4) is 0 Å². The van der Waals surface area contributed by atoms with E-state index in [0.717, 1.165) is 9.87 Å². The van der Waals surface area contributed by atoms with Crippen LogP contribution in [-0.2, 0) is 31.5 Å². The van der Waals surface area contributed by atoms with Gasteiger partial charge in [0, 0.05) is 0 Å². The van der Waals surface area contributed by atoms with Crippen molar-refractivity contribution in [3.05, 3.63) is 35.9 Å². The number of benzene rings is 1. The molecule has 7 heteroatoms. The molecule has 1 aliphatic rings. The fraction of sp³-hybridized carbons (Fsp3) is 0.533. The van der Waals surface area contributed by atoms with Crippen LogP contribution in [0, 0.1) is 0 Å². The van der Waals surface area contributed by atoms with Gasteiger partial charge in [0.25, 0.3) is 11.3 Å². The number of hydrogen-bond acceptors (Lipinski definition) is 5. The first-order chi connectivity index (χ1) is 10.4. The topological polar surface area (TPSA) is 65.1 Å². The van der Waals surface area contributed by atoms with Gasteiger partial charge in [-0.05, 0) is 26.3 Å². The maximum atomic E-state index is 12.1. The van der Waals surface area contributed by atoms with Crippen LogP contribution in [0.3, 0.4) is 0 Å². The normalized spacial score (nSPS) is 21.9. The summed E-state index contributed by atoms with van der Waals surface area (Å²) < 4.78 is 28.8. The van der Waals surface area contributed by atoms with E-state index in [1.807, 2.05) is 30.3 Å². The van der Waals surface area contributed by atoms with Crippen LogP contribution >= 0.6 is 0 Å². The van der Waals surface area contributed by atoms with E-state index in [1.165, 1.54) is 0 Å². The van der Waals surface area contributed by atoms with E-state index >= 15 is 0 Å². The zero-order valence-electron chi connectivity index (χ0n) is 13.0. The Morgan fingerprint density at radius 2 is 2.05 bits per heavy atom.